The van der Waals surface area contributed by atoms with E-state index >= 15 is 0 Å². The number of aromatic nitrogens is 1. The summed E-state index contributed by atoms with van der Waals surface area (Å²) in [6.07, 6.45) is 0. The fraction of sp³-hybridized carbons (Fsp3) is 0.154. The number of rotatable bonds is 3. The van der Waals surface area contributed by atoms with Gasteiger partial charge in [0.2, 0.25) is 0 Å². The van der Waals surface area contributed by atoms with Gasteiger partial charge in [-0.1, -0.05) is 30.3 Å². The molecule has 2 aromatic rings. The van der Waals surface area contributed by atoms with E-state index in [-0.39, 0.29) is 5.88 Å². The van der Waals surface area contributed by atoms with E-state index in [1.165, 1.54) is 6.07 Å². The van der Waals surface area contributed by atoms with E-state index in [4.69, 9.17) is 4.74 Å². The predicted octanol–water partition coefficient (Wildman–Crippen LogP) is 2.56. The van der Waals surface area contributed by atoms with Gasteiger partial charge in [-0.2, -0.15) is 0 Å². The van der Waals surface area contributed by atoms with Gasteiger partial charge in [0.25, 0.3) is 0 Å². The molecule has 0 bridgehead atoms. The quantitative estimate of drug-likeness (QED) is 0.798. The van der Waals surface area contributed by atoms with Crippen molar-refractivity contribution in [3.8, 4) is 17.1 Å². The van der Waals surface area contributed by atoms with Gasteiger partial charge in [-0.15, -0.1) is 0 Å². The van der Waals surface area contributed by atoms with Gasteiger partial charge in [-0.3, -0.25) is 0 Å². The minimum absolute atomic E-state index is 0.0492. The number of aromatic hydroxyl groups is 1. The maximum atomic E-state index is 11.7. The maximum Gasteiger partial charge on any atom is 0.340 e. The van der Waals surface area contributed by atoms with Crippen LogP contribution in [0.4, 0.5) is 0 Å². The Morgan fingerprint density at radius 2 is 2.06 bits per heavy atom. The molecule has 0 aliphatic rings. The van der Waals surface area contributed by atoms with E-state index in [9.17, 15) is 9.90 Å². The molecular formula is C13H13NO3. The minimum atomic E-state index is -0.442. The monoisotopic (exact) mass is 231 g/mol. The Bertz CT molecular complexity index is 517. The molecule has 0 spiro atoms. The Labute approximate surface area is 98.9 Å². The molecule has 4 nitrogen and oxygen atoms in total. The van der Waals surface area contributed by atoms with Crippen LogP contribution < -0.4 is 0 Å². The van der Waals surface area contributed by atoms with Crippen molar-refractivity contribution in [1.29, 1.82) is 0 Å². The first kappa shape index (κ1) is 11.3. The second kappa shape index (κ2) is 4.74. The summed E-state index contributed by atoms with van der Waals surface area (Å²) in [5.41, 5.74) is 1.74. The second-order valence-electron chi connectivity index (χ2n) is 3.53. The first-order chi connectivity index (χ1) is 8.22. The molecule has 2 N–H and O–H groups in total. The smallest absolute Gasteiger partial charge is 0.340 e. The SMILES string of the molecule is CCOC(=O)c1cc(O)[nH]c1-c1ccccc1. The molecule has 0 saturated carbocycles. The molecule has 0 aliphatic carbocycles. The third kappa shape index (κ3) is 2.30. The molecule has 0 atom stereocenters. The first-order valence-electron chi connectivity index (χ1n) is 5.37. The summed E-state index contributed by atoms with van der Waals surface area (Å²) in [4.78, 5) is 14.5. The van der Waals surface area contributed by atoms with Crippen molar-refractivity contribution in [2.45, 2.75) is 6.92 Å². The standard InChI is InChI=1S/C13H13NO3/c1-2-17-13(16)10-8-11(15)14-12(10)9-6-4-3-5-7-9/h3-8,14-15H,2H2,1H3. The molecule has 0 fully saturated rings. The fourth-order valence-corrected chi connectivity index (χ4v) is 1.64. The van der Waals surface area contributed by atoms with Gasteiger partial charge in [0.05, 0.1) is 17.9 Å². The van der Waals surface area contributed by atoms with Crippen molar-refractivity contribution in [1.82, 2.24) is 4.98 Å². The van der Waals surface area contributed by atoms with Crippen molar-refractivity contribution in [2.75, 3.05) is 6.61 Å². The predicted molar refractivity (Wildman–Crippen MR) is 63.9 cm³/mol. The highest BCUT2D eigenvalue weighted by molar-refractivity contribution is 5.97. The number of hydrogen-bond donors (Lipinski definition) is 2. The van der Waals surface area contributed by atoms with E-state index in [1.807, 2.05) is 30.3 Å². The molecule has 1 aromatic carbocycles. The lowest BCUT2D eigenvalue weighted by Crippen LogP contribution is -2.04. The third-order valence-electron chi connectivity index (χ3n) is 2.36. The van der Waals surface area contributed by atoms with Crippen molar-refractivity contribution in [3.63, 3.8) is 0 Å². The maximum absolute atomic E-state index is 11.7. The van der Waals surface area contributed by atoms with Crippen LogP contribution in [0.15, 0.2) is 36.4 Å². The lowest BCUT2D eigenvalue weighted by Gasteiger charge is -2.03. The van der Waals surface area contributed by atoms with Gasteiger partial charge in [0, 0.05) is 6.07 Å². The minimum Gasteiger partial charge on any atom is -0.495 e. The molecule has 1 heterocycles. The van der Waals surface area contributed by atoms with Gasteiger partial charge < -0.3 is 14.8 Å². The number of hydrogen-bond acceptors (Lipinski definition) is 3. The summed E-state index contributed by atoms with van der Waals surface area (Å²) < 4.78 is 4.93. The van der Waals surface area contributed by atoms with Crippen molar-refractivity contribution in [2.24, 2.45) is 0 Å². The number of H-pyrrole nitrogens is 1. The molecule has 0 unspecified atom stereocenters. The van der Waals surface area contributed by atoms with Crippen LogP contribution in [-0.4, -0.2) is 22.7 Å². The molecule has 0 amide bonds. The number of nitrogens with one attached hydrogen (secondary N) is 1. The van der Waals surface area contributed by atoms with Crippen LogP contribution in [0.3, 0.4) is 0 Å². The van der Waals surface area contributed by atoms with Gasteiger partial charge in [0.15, 0.2) is 5.88 Å². The van der Waals surface area contributed by atoms with E-state index in [2.05, 4.69) is 4.98 Å². The van der Waals surface area contributed by atoms with E-state index in [0.29, 0.717) is 17.9 Å². The molecule has 0 radical (unpaired) electrons. The zero-order chi connectivity index (χ0) is 12.3. The summed E-state index contributed by atoms with van der Waals surface area (Å²) in [6.45, 7) is 2.05. The third-order valence-corrected chi connectivity index (χ3v) is 2.36. The van der Waals surface area contributed by atoms with Crippen LogP contribution in [0.25, 0.3) is 11.3 Å². The van der Waals surface area contributed by atoms with Crippen LogP contribution in [0.2, 0.25) is 0 Å². The Kier molecular flexibility index (Phi) is 3.14. The van der Waals surface area contributed by atoms with Crippen LogP contribution in [0.1, 0.15) is 17.3 Å². The molecule has 0 saturated heterocycles. The number of benzene rings is 1. The summed E-state index contributed by atoms with van der Waals surface area (Å²) in [7, 11) is 0. The number of carbonyl (C=O) groups is 1. The van der Waals surface area contributed by atoms with Gasteiger partial charge in [-0.05, 0) is 12.5 Å². The van der Waals surface area contributed by atoms with Crippen molar-refractivity contribution >= 4 is 5.97 Å². The van der Waals surface area contributed by atoms with Gasteiger partial charge in [-0.25, -0.2) is 4.79 Å². The highest BCUT2D eigenvalue weighted by Gasteiger charge is 2.17. The van der Waals surface area contributed by atoms with E-state index in [0.717, 1.165) is 5.56 Å². The summed E-state index contributed by atoms with van der Waals surface area (Å²) in [5.74, 6) is -0.491. The topological polar surface area (TPSA) is 62.3 Å². The number of aromatic amines is 1. The Hall–Kier alpha value is -2.23. The average Bonchev–Trinajstić information content (AvgIpc) is 2.73. The highest BCUT2D eigenvalue weighted by atomic mass is 16.5. The lowest BCUT2D eigenvalue weighted by molar-refractivity contribution is 0.0527. The van der Waals surface area contributed by atoms with Crippen LogP contribution in [-0.2, 0) is 4.74 Å². The van der Waals surface area contributed by atoms with Gasteiger partial charge in [0.1, 0.15) is 0 Å². The molecule has 0 aliphatic heterocycles. The summed E-state index contributed by atoms with van der Waals surface area (Å²) >= 11 is 0. The highest BCUT2D eigenvalue weighted by Crippen LogP contribution is 2.27. The summed E-state index contributed by atoms with van der Waals surface area (Å²) in [5, 5.41) is 9.45. The normalized spacial score (nSPS) is 10.2. The second-order valence-corrected chi connectivity index (χ2v) is 3.53. The van der Waals surface area contributed by atoms with E-state index < -0.39 is 5.97 Å². The fourth-order valence-electron chi connectivity index (χ4n) is 1.64. The van der Waals surface area contributed by atoms with Crippen molar-refractivity contribution in [3.05, 3.63) is 42.0 Å². The lowest BCUT2D eigenvalue weighted by atomic mass is 10.1. The Morgan fingerprint density at radius 3 is 2.71 bits per heavy atom. The summed E-state index contributed by atoms with van der Waals surface area (Å²) in [6, 6.07) is 10.7. The molecular weight excluding hydrogens is 218 g/mol. The molecule has 17 heavy (non-hydrogen) atoms. The molecule has 4 heteroatoms. The van der Waals surface area contributed by atoms with Crippen LogP contribution >= 0.6 is 0 Å². The van der Waals surface area contributed by atoms with E-state index in [1.54, 1.807) is 6.92 Å². The van der Waals surface area contributed by atoms with Crippen LogP contribution in [0, 0.1) is 0 Å². The molecule has 2 rings (SSSR count). The van der Waals surface area contributed by atoms with Gasteiger partial charge >= 0.3 is 5.97 Å². The van der Waals surface area contributed by atoms with Crippen LogP contribution in [0.5, 0.6) is 5.88 Å². The Balaban J connectivity index is 2.44. The Morgan fingerprint density at radius 1 is 1.35 bits per heavy atom. The number of ether oxygens (including phenoxy) is 1. The molecule has 1 aromatic heterocycles. The molecule has 88 valence electrons. The van der Waals surface area contributed by atoms with Crippen molar-refractivity contribution < 1.29 is 14.6 Å². The zero-order valence-electron chi connectivity index (χ0n) is 9.43. The largest absolute Gasteiger partial charge is 0.495 e. The number of esters is 1. The first-order valence-corrected chi connectivity index (χ1v) is 5.37. The zero-order valence-corrected chi connectivity index (χ0v) is 9.43. The average molecular weight is 231 g/mol. The number of carbonyl (C=O) groups excluding carboxylic acids is 1.